The van der Waals surface area contributed by atoms with E-state index in [9.17, 15) is 4.79 Å². The Morgan fingerprint density at radius 2 is 2.00 bits per heavy atom. The fraction of sp³-hybridized carbons (Fsp3) is 0.364. The quantitative estimate of drug-likeness (QED) is 0.428. The van der Waals surface area contributed by atoms with Crippen molar-refractivity contribution in [3.8, 4) is 0 Å². The van der Waals surface area contributed by atoms with E-state index in [0.29, 0.717) is 12.8 Å². The molecule has 0 fully saturated rings. The second-order valence-electron chi connectivity index (χ2n) is 3.69. The Bertz CT molecular complexity index is 449. The van der Waals surface area contributed by atoms with Crippen LogP contribution < -0.4 is 5.73 Å². The Morgan fingerprint density at radius 1 is 1.41 bits per heavy atom. The van der Waals surface area contributed by atoms with E-state index in [-0.39, 0.29) is 5.92 Å². The molecule has 1 aromatic carbocycles. The number of rotatable bonds is 4. The number of aliphatic carboxylic acids is 1. The van der Waals surface area contributed by atoms with E-state index in [1.807, 2.05) is 13.0 Å². The Kier molecular flexibility index (Phi) is 6.23. The van der Waals surface area contributed by atoms with Crippen LogP contribution in [0.15, 0.2) is 6.07 Å². The van der Waals surface area contributed by atoms with E-state index < -0.39 is 5.97 Å². The largest absolute Gasteiger partial charge is 0.481 e. The molecule has 0 aliphatic heterocycles. The average molecular weight is 571 g/mol. The lowest BCUT2D eigenvalue weighted by Crippen LogP contribution is -2.17. The number of hydrogen-bond acceptors (Lipinski definition) is 2. The first-order valence-corrected chi connectivity index (χ1v) is 8.26. The predicted molar refractivity (Wildman–Crippen MR) is 94.1 cm³/mol. The highest BCUT2D eigenvalue weighted by Gasteiger charge is 2.20. The minimum absolute atomic E-state index is 0.337. The molecule has 0 unspecified atom stereocenters. The van der Waals surface area contributed by atoms with E-state index in [1.54, 1.807) is 0 Å². The van der Waals surface area contributed by atoms with Crippen molar-refractivity contribution in [3.05, 3.63) is 22.3 Å². The molecule has 3 N–H and O–H groups in total. The summed E-state index contributed by atoms with van der Waals surface area (Å²) >= 11 is 6.64. The molecule has 1 aromatic rings. The van der Waals surface area contributed by atoms with Gasteiger partial charge in [-0.15, -0.1) is 0 Å². The van der Waals surface area contributed by atoms with Crippen LogP contribution in [0.25, 0.3) is 0 Å². The smallest absolute Gasteiger partial charge is 0.306 e. The third-order valence-electron chi connectivity index (χ3n) is 2.59. The standard InChI is InChI=1S/C11H12I3NO2/c1-2-5(11(16)17)3-6-7(12)4-8(13)10(15)9(6)14/h4-5H,2-3,15H2,1H3,(H,16,17)/t5-/m1/s1. The number of nitrogens with two attached hydrogens (primary N) is 1. The normalized spacial score (nSPS) is 12.5. The summed E-state index contributed by atoms with van der Waals surface area (Å²) in [6.45, 7) is 1.90. The van der Waals surface area contributed by atoms with Gasteiger partial charge in [-0.3, -0.25) is 4.79 Å². The van der Waals surface area contributed by atoms with Gasteiger partial charge in [-0.1, -0.05) is 6.92 Å². The molecule has 0 saturated heterocycles. The maximum atomic E-state index is 11.1. The van der Waals surface area contributed by atoms with Gasteiger partial charge in [-0.2, -0.15) is 0 Å². The Morgan fingerprint density at radius 3 is 2.47 bits per heavy atom. The number of benzene rings is 1. The minimum atomic E-state index is -0.740. The number of hydrogen-bond donors (Lipinski definition) is 2. The number of carboxylic acid groups (broad SMARTS) is 1. The summed E-state index contributed by atoms with van der Waals surface area (Å²) in [5.74, 6) is -1.08. The van der Waals surface area contributed by atoms with Gasteiger partial charge in [0.05, 0.1) is 11.6 Å². The lowest BCUT2D eigenvalue weighted by Gasteiger charge is -2.15. The molecular formula is C11H12I3NO2. The molecule has 0 aliphatic rings. The summed E-state index contributed by atoms with van der Waals surface area (Å²) in [4.78, 5) is 11.1. The number of anilines is 1. The first-order chi connectivity index (χ1) is 7.88. The molecule has 0 saturated carbocycles. The van der Waals surface area contributed by atoms with Crippen LogP contribution >= 0.6 is 67.8 Å². The fourth-order valence-electron chi connectivity index (χ4n) is 1.49. The Balaban J connectivity index is 3.14. The lowest BCUT2D eigenvalue weighted by molar-refractivity contribution is -0.141. The summed E-state index contributed by atoms with van der Waals surface area (Å²) in [5, 5.41) is 9.10. The van der Waals surface area contributed by atoms with Crippen molar-refractivity contribution in [2.75, 3.05) is 5.73 Å². The number of carboxylic acids is 1. The number of halogens is 3. The average Bonchev–Trinajstić information content (AvgIpc) is 2.26. The van der Waals surface area contributed by atoms with Gasteiger partial charge >= 0.3 is 5.97 Å². The van der Waals surface area contributed by atoms with Crippen LogP contribution in [-0.4, -0.2) is 11.1 Å². The highest BCUT2D eigenvalue weighted by molar-refractivity contribution is 14.1. The topological polar surface area (TPSA) is 63.3 Å². The van der Waals surface area contributed by atoms with Gasteiger partial charge in [-0.25, -0.2) is 0 Å². The van der Waals surface area contributed by atoms with Crippen molar-refractivity contribution in [2.24, 2.45) is 5.92 Å². The zero-order valence-electron chi connectivity index (χ0n) is 9.14. The fourth-order valence-corrected chi connectivity index (χ4v) is 5.30. The molecule has 3 nitrogen and oxygen atoms in total. The van der Waals surface area contributed by atoms with Crippen molar-refractivity contribution in [3.63, 3.8) is 0 Å². The zero-order valence-corrected chi connectivity index (χ0v) is 15.6. The molecule has 0 spiro atoms. The Labute approximate surface area is 141 Å². The van der Waals surface area contributed by atoms with Gasteiger partial charge in [0.15, 0.2) is 0 Å². The van der Waals surface area contributed by atoms with E-state index in [4.69, 9.17) is 10.8 Å². The third-order valence-corrected chi connectivity index (χ3v) is 5.68. The van der Waals surface area contributed by atoms with Crippen LogP contribution in [0.5, 0.6) is 0 Å². The van der Waals surface area contributed by atoms with Crippen LogP contribution in [-0.2, 0) is 11.2 Å². The van der Waals surface area contributed by atoms with Gasteiger partial charge in [0.25, 0.3) is 0 Å². The maximum absolute atomic E-state index is 11.1. The summed E-state index contributed by atoms with van der Waals surface area (Å²) in [7, 11) is 0. The van der Waals surface area contributed by atoms with Crippen LogP contribution in [0.2, 0.25) is 0 Å². The van der Waals surface area contributed by atoms with Crippen molar-refractivity contribution >= 4 is 79.4 Å². The molecule has 0 aromatic heterocycles. The van der Waals surface area contributed by atoms with E-state index in [0.717, 1.165) is 22.0 Å². The maximum Gasteiger partial charge on any atom is 0.306 e. The highest BCUT2D eigenvalue weighted by Crippen LogP contribution is 2.31. The molecule has 0 bridgehead atoms. The van der Waals surface area contributed by atoms with Crippen molar-refractivity contribution in [2.45, 2.75) is 19.8 Å². The molecular weight excluding hydrogens is 559 g/mol. The molecule has 6 heteroatoms. The van der Waals surface area contributed by atoms with Crippen molar-refractivity contribution < 1.29 is 9.90 Å². The van der Waals surface area contributed by atoms with Crippen LogP contribution in [0.3, 0.4) is 0 Å². The second kappa shape index (κ2) is 6.73. The SMILES string of the molecule is CC[C@H](Cc1c(I)cc(I)c(N)c1I)C(=O)O. The summed E-state index contributed by atoms with van der Waals surface area (Å²) in [6.07, 6.45) is 1.18. The second-order valence-corrected chi connectivity index (χ2v) is 7.10. The molecule has 0 heterocycles. The zero-order chi connectivity index (χ0) is 13.2. The van der Waals surface area contributed by atoms with E-state index in [1.165, 1.54) is 0 Å². The number of nitrogen functional groups attached to an aromatic ring is 1. The molecule has 17 heavy (non-hydrogen) atoms. The van der Waals surface area contributed by atoms with Gasteiger partial charge in [0.2, 0.25) is 0 Å². The van der Waals surface area contributed by atoms with E-state index >= 15 is 0 Å². The first kappa shape index (κ1) is 15.7. The van der Waals surface area contributed by atoms with Gasteiger partial charge in [0, 0.05) is 10.7 Å². The van der Waals surface area contributed by atoms with Gasteiger partial charge < -0.3 is 10.8 Å². The summed E-state index contributed by atoms with van der Waals surface area (Å²) in [6, 6.07) is 2.00. The van der Waals surface area contributed by atoms with Crippen molar-refractivity contribution in [1.82, 2.24) is 0 Å². The van der Waals surface area contributed by atoms with Crippen molar-refractivity contribution in [1.29, 1.82) is 0 Å². The summed E-state index contributed by atoms with van der Waals surface area (Å²) in [5.41, 5.74) is 7.78. The molecule has 1 rings (SSSR count). The van der Waals surface area contributed by atoms with E-state index in [2.05, 4.69) is 67.8 Å². The minimum Gasteiger partial charge on any atom is -0.481 e. The van der Waals surface area contributed by atoms with Gasteiger partial charge in [0.1, 0.15) is 0 Å². The van der Waals surface area contributed by atoms with Gasteiger partial charge in [-0.05, 0) is 92.2 Å². The molecule has 0 radical (unpaired) electrons. The summed E-state index contributed by atoms with van der Waals surface area (Å²) < 4.78 is 3.09. The van der Waals surface area contributed by atoms with Crippen LogP contribution in [0.4, 0.5) is 5.69 Å². The van der Waals surface area contributed by atoms with Crippen LogP contribution in [0.1, 0.15) is 18.9 Å². The lowest BCUT2D eigenvalue weighted by atomic mass is 9.97. The predicted octanol–water partition coefficient (Wildman–Crippen LogP) is 3.74. The highest BCUT2D eigenvalue weighted by atomic mass is 127. The number of carbonyl (C=O) groups is 1. The third kappa shape index (κ3) is 3.82. The Hall–Kier alpha value is 0.680. The molecule has 0 aliphatic carbocycles. The van der Waals surface area contributed by atoms with Crippen LogP contribution in [0, 0.1) is 16.6 Å². The monoisotopic (exact) mass is 571 g/mol. The molecule has 94 valence electrons. The molecule has 1 atom stereocenters. The first-order valence-electron chi connectivity index (χ1n) is 5.03. The molecule has 0 amide bonds.